The summed E-state index contributed by atoms with van der Waals surface area (Å²) >= 11 is 3.44. The quantitative estimate of drug-likeness (QED) is 0.863. The third kappa shape index (κ3) is 2.37. The average Bonchev–Trinajstić information content (AvgIpc) is 2.79. The molecule has 0 unspecified atom stereocenters. The summed E-state index contributed by atoms with van der Waals surface area (Å²) in [5.74, 6) is 0. The maximum absolute atomic E-state index is 4.14. The van der Waals surface area contributed by atoms with E-state index in [1.807, 2.05) is 7.05 Å². The molecule has 3 nitrogen and oxygen atoms in total. The molecule has 0 aliphatic heterocycles. The number of nitrogens with zero attached hydrogens (tertiary/aromatic N) is 2. The van der Waals surface area contributed by atoms with Crippen molar-refractivity contribution >= 4 is 22.7 Å². The molecule has 0 bridgehead atoms. The Bertz CT molecular complexity index is 380. The summed E-state index contributed by atoms with van der Waals surface area (Å²) in [6.45, 7) is 0.808. The predicted octanol–water partition coefficient (Wildman–Crippen LogP) is 1.91. The molecule has 0 fully saturated rings. The Labute approximate surface area is 90.8 Å². The van der Waals surface area contributed by atoms with Crippen LogP contribution in [0.1, 0.15) is 14.9 Å². The number of thiophene rings is 1. The monoisotopic (exact) mass is 225 g/mol. The maximum atomic E-state index is 4.14. The molecule has 0 spiro atoms. The zero-order valence-electron chi connectivity index (χ0n) is 7.86. The third-order valence-electron chi connectivity index (χ3n) is 1.74. The van der Waals surface area contributed by atoms with Crippen LogP contribution in [0.3, 0.4) is 0 Å². The average molecular weight is 225 g/mol. The molecule has 2 heterocycles. The molecule has 14 heavy (non-hydrogen) atoms. The van der Waals surface area contributed by atoms with Gasteiger partial charge in [-0.05, 0) is 18.5 Å². The summed E-state index contributed by atoms with van der Waals surface area (Å²) in [7, 11) is 1.92. The van der Waals surface area contributed by atoms with Crippen molar-refractivity contribution in [2.75, 3.05) is 7.05 Å². The largest absolute Gasteiger partial charge is 0.313 e. The van der Waals surface area contributed by atoms with E-state index in [9.17, 15) is 0 Å². The highest BCUT2D eigenvalue weighted by Gasteiger charge is 2.04. The molecule has 0 saturated carbocycles. The summed E-state index contributed by atoms with van der Waals surface area (Å²) in [4.78, 5) is 1.34. The number of aromatic nitrogens is 2. The van der Waals surface area contributed by atoms with Crippen LogP contribution in [0.5, 0.6) is 0 Å². The topological polar surface area (TPSA) is 37.8 Å². The lowest BCUT2D eigenvalue weighted by molar-refractivity contribution is 0.792. The van der Waals surface area contributed by atoms with Gasteiger partial charge in [-0.2, -0.15) is 0 Å². The summed E-state index contributed by atoms with van der Waals surface area (Å²) < 4.78 is 0. The van der Waals surface area contributed by atoms with Gasteiger partial charge in [-0.3, -0.25) is 0 Å². The number of hydrogen-bond acceptors (Lipinski definition) is 5. The highest BCUT2D eigenvalue weighted by molar-refractivity contribution is 7.12. The van der Waals surface area contributed by atoms with E-state index in [4.69, 9.17) is 0 Å². The van der Waals surface area contributed by atoms with Gasteiger partial charge in [-0.25, -0.2) is 0 Å². The molecule has 2 aromatic rings. The van der Waals surface area contributed by atoms with E-state index in [0.717, 1.165) is 23.0 Å². The summed E-state index contributed by atoms with van der Waals surface area (Å²) in [5, 5.41) is 15.5. The Kier molecular flexibility index (Phi) is 3.23. The highest BCUT2D eigenvalue weighted by atomic mass is 32.1. The standard InChI is InChI=1S/C9H11N3S2/c1-10-6-9-12-11-8(14-9)5-7-3-2-4-13-7/h2-4,10H,5-6H2,1H3. The van der Waals surface area contributed by atoms with E-state index >= 15 is 0 Å². The first kappa shape index (κ1) is 9.76. The van der Waals surface area contributed by atoms with E-state index in [-0.39, 0.29) is 0 Å². The molecule has 74 valence electrons. The zero-order chi connectivity index (χ0) is 9.80. The normalized spacial score (nSPS) is 10.6. The van der Waals surface area contributed by atoms with Crippen LogP contribution < -0.4 is 5.32 Å². The molecule has 0 amide bonds. The fourth-order valence-electron chi connectivity index (χ4n) is 1.14. The second-order valence-corrected chi connectivity index (χ2v) is 5.05. The molecule has 0 atom stereocenters. The minimum Gasteiger partial charge on any atom is -0.313 e. The van der Waals surface area contributed by atoms with Crippen LogP contribution in [-0.4, -0.2) is 17.2 Å². The van der Waals surface area contributed by atoms with Crippen LogP contribution in [0.15, 0.2) is 17.5 Å². The van der Waals surface area contributed by atoms with Crippen molar-refractivity contribution < 1.29 is 0 Å². The lowest BCUT2D eigenvalue weighted by Gasteiger charge is -1.89. The van der Waals surface area contributed by atoms with Gasteiger partial charge in [-0.1, -0.05) is 17.4 Å². The lowest BCUT2D eigenvalue weighted by Crippen LogP contribution is -2.04. The van der Waals surface area contributed by atoms with Gasteiger partial charge < -0.3 is 5.32 Å². The minimum atomic E-state index is 0.808. The van der Waals surface area contributed by atoms with Crippen LogP contribution in [0, 0.1) is 0 Å². The van der Waals surface area contributed by atoms with Gasteiger partial charge in [0.05, 0.1) is 0 Å². The van der Waals surface area contributed by atoms with E-state index < -0.39 is 0 Å². The van der Waals surface area contributed by atoms with Crippen molar-refractivity contribution in [3.8, 4) is 0 Å². The maximum Gasteiger partial charge on any atom is 0.131 e. The first-order valence-electron chi connectivity index (χ1n) is 4.36. The number of hydrogen-bond donors (Lipinski definition) is 1. The molecule has 0 aromatic carbocycles. The Morgan fingerprint density at radius 3 is 2.93 bits per heavy atom. The summed E-state index contributed by atoms with van der Waals surface area (Å²) in [6.07, 6.45) is 0.916. The highest BCUT2D eigenvalue weighted by Crippen LogP contribution is 2.17. The van der Waals surface area contributed by atoms with Gasteiger partial charge >= 0.3 is 0 Å². The van der Waals surface area contributed by atoms with E-state index in [2.05, 4.69) is 33.0 Å². The van der Waals surface area contributed by atoms with Crippen molar-refractivity contribution in [1.29, 1.82) is 0 Å². The van der Waals surface area contributed by atoms with Gasteiger partial charge in [0.15, 0.2) is 0 Å². The smallest absolute Gasteiger partial charge is 0.131 e. The number of nitrogens with one attached hydrogen (secondary N) is 1. The van der Waals surface area contributed by atoms with Gasteiger partial charge in [0, 0.05) is 17.8 Å². The van der Waals surface area contributed by atoms with Crippen molar-refractivity contribution in [2.24, 2.45) is 0 Å². The second kappa shape index (κ2) is 4.63. The van der Waals surface area contributed by atoms with Gasteiger partial charge in [-0.15, -0.1) is 21.5 Å². The van der Waals surface area contributed by atoms with Crippen LogP contribution in [0.4, 0.5) is 0 Å². The van der Waals surface area contributed by atoms with E-state index in [0.29, 0.717) is 0 Å². The zero-order valence-corrected chi connectivity index (χ0v) is 9.49. The number of rotatable bonds is 4. The molecule has 2 aromatic heterocycles. The summed E-state index contributed by atoms with van der Waals surface area (Å²) in [6, 6.07) is 4.19. The third-order valence-corrected chi connectivity index (χ3v) is 3.54. The molecule has 5 heteroatoms. The van der Waals surface area contributed by atoms with Crippen molar-refractivity contribution in [2.45, 2.75) is 13.0 Å². The molecule has 0 aliphatic carbocycles. The lowest BCUT2D eigenvalue weighted by atomic mass is 10.4. The molecule has 1 N–H and O–H groups in total. The van der Waals surface area contributed by atoms with Crippen molar-refractivity contribution in [3.63, 3.8) is 0 Å². The first-order chi connectivity index (χ1) is 6.88. The molecule has 0 aliphatic rings. The molecule has 0 saturated heterocycles. The van der Waals surface area contributed by atoms with Gasteiger partial charge in [0.25, 0.3) is 0 Å². The van der Waals surface area contributed by atoms with E-state index in [1.54, 1.807) is 22.7 Å². The Hall–Kier alpha value is -0.780. The first-order valence-corrected chi connectivity index (χ1v) is 6.06. The molecular formula is C9H11N3S2. The molecule has 0 radical (unpaired) electrons. The van der Waals surface area contributed by atoms with Crippen molar-refractivity contribution in [1.82, 2.24) is 15.5 Å². The van der Waals surface area contributed by atoms with E-state index in [1.165, 1.54) is 4.88 Å². The van der Waals surface area contributed by atoms with Crippen LogP contribution >= 0.6 is 22.7 Å². The van der Waals surface area contributed by atoms with Gasteiger partial charge in [0.2, 0.25) is 0 Å². The van der Waals surface area contributed by atoms with Crippen LogP contribution in [0.25, 0.3) is 0 Å². The fraction of sp³-hybridized carbons (Fsp3) is 0.333. The predicted molar refractivity (Wildman–Crippen MR) is 59.8 cm³/mol. The fourth-order valence-corrected chi connectivity index (χ4v) is 2.82. The Morgan fingerprint density at radius 2 is 2.21 bits per heavy atom. The van der Waals surface area contributed by atoms with Crippen LogP contribution in [-0.2, 0) is 13.0 Å². The molecule has 2 rings (SSSR count). The second-order valence-electron chi connectivity index (χ2n) is 2.88. The summed E-state index contributed by atoms with van der Waals surface area (Å²) in [5.41, 5.74) is 0. The Balaban J connectivity index is 2.03. The van der Waals surface area contributed by atoms with Gasteiger partial charge in [0.1, 0.15) is 10.0 Å². The Morgan fingerprint density at radius 1 is 1.36 bits per heavy atom. The van der Waals surface area contributed by atoms with Crippen molar-refractivity contribution in [3.05, 3.63) is 32.4 Å². The van der Waals surface area contributed by atoms with Crippen LogP contribution in [0.2, 0.25) is 0 Å². The minimum absolute atomic E-state index is 0.808. The SMILES string of the molecule is CNCc1nnc(Cc2cccs2)s1. The molecular weight excluding hydrogens is 214 g/mol.